The number of nitrogens with two attached hydrogens (primary N) is 1. The summed E-state index contributed by atoms with van der Waals surface area (Å²) >= 11 is 1.54. The minimum atomic E-state index is 0.687. The molecule has 0 spiro atoms. The summed E-state index contributed by atoms with van der Waals surface area (Å²) in [5, 5.41) is 2.76. The standard InChI is InChI=1S/C10H17N3S/c1-2-5-13(9-3-4-9)6-8-7-14-10(11)12-8/h7,9H,2-6H2,1H3,(H2,11,12). The first-order valence-electron chi connectivity index (χ1n) is 5.23. The van der Waals surface area contributed by atoms with Crippen LogP contribution in [0.15, 0.2) is 5.38 Å². The van der Waals surface area contributed by atoms with Gasteiger partial charge in [0.25, 0.3) is 0 Å². The molecule has 3 nitrogen and oxygen atoms in total. The maximum absolute atomic E-state index is 5.61. The molecule has 14 heavy (non-hydrogen) atoms. The fourth-order valence-corrected chi connectivity index (χ4v) is 2.27. The van der Waals surface area contributed by atoms with Gasteiger partial charge in [0.2, 0.25) is 0 Å². The quantitative estimate of drug-likeness (QED) is 0.811. The maximum Gasteiger partial charge on any atom is 0.180 e. The molecule has 0 bridgehead atoms. The van der Waals surface area contributed by atoms with E-state index in [-0.39, 0.29) is 0 Å². The molecule has 1 fully saturated rings. The van der Waals surface area contributed by atoms with Crippen LogP contribution in [0.5, 0.6) is 0 Å². The summed E-state index contributed by atoms with van der Waals surface area (Å²) in [6.45, 7) is 4.39. The van der Waals surface area contributed by atoms with Gasteiger partial charge in [0.15, 0.2) is 5.13 Å². The van der Waals surface area contributed by atoms with Crippen LogP contribution in [0.2, 0.25) is 0 Å². The van der Waals surface area contributed by atoms with Gasteiger partial charge in [-0.1, -0.05) is 6.92 Å². The first kappa shape index (κ1) is 9.93. The molecule has 78 valence electrons. The summed E-state index contributed by atoms with van der Waals surface area (Å²) in [7, 11) is 0. The third kappa shape index (κ3) is 2.45. The van der Waals surface area contributed by atoms with E-state index < -0.39 is 0 Å². The summed E-state index contributed by atoms with van der Waals surface area (Å²) in [6, 6.07) is 0.817. The highest BCUT2D eigenvalue weighted by Gasteiger charge is 2.28. The number of nitrogen functional groups attached to an aromatic ring is 1. The van der Waals surface area contributed by atoms with Gasteiger partial charge in [-0.3, -0.25) is 4.90 Å². The molecule has 0 aliphatic heterocycles. The molecule has 1 aromatic rings. The molecule has 0 saturated heterocycles. The molecule has 1 aromatic heterocycles. The van der Waals surface area contributed by atoms with Crippen molar-refractivity contribution >= 4 is 16.5 Å². The van der Waals surface area contributed by atoms with E-state index in [0.717, 1.165) is 18.3 Å². The van der Waals surface area contributed by atoms with Crippen LogP contribution in [0.1, 0.15) is 31.9 Å². The van der Waals surface area contributed by atoms with Crippen molar-refractivity contribution in [2.75, 3.05) is 12.3 Å². The number of hydrogen-bond acceptors (Lipinski definition) is 4. The molecule has 1 saturated carbocycles. The molecule has 0 atom stereocenters. The van der Waals surface area contributed by atoms with Crippen LogP contribution in [0, 0.1) is 0 Å². The number of thiazole rings is 1. The minimum absolute atomic E-state index is 0.687. The summed E-state index contributed by atoms with van der Waals surface area (Å²) < 4.78 is 0. The van der Waals surface area contributed by atoms with Crippen LogP contribution < -0.4 is 5.73 Å². The van der Waals surface area contributed by atoms with E-state index in [1.165, 1.54) is 37.1 Å². The van der Waals surface area contributed by atoms with Gasteiger partial charge in [0.1, 0.15) is 0 Å². The van der Waals surface area contributed by atoms with Gasteiger partial charge < -0.3 is 5.73 Å². The van der Waals surface area contributed by atoms with E-state index >= 15 is 0 Å². The number of anilines is 1. The Labute approximate surface area is 88.9 Å². The zero-order valence-corrected chi connectivity index (χ0v) is 9.39. The van der Waals surface area contributed by atoms with E-state index in [1.54, 1.807) is 0 Å². The number of nitrogens with zero attached hydrogens (tertiary/aromatic N) is 2. The monoisotopic (exact) mass is 211 g/mol. The second kappa shape index (κ2) is 4.28. The Hall–Kier alpha value is -0.610. The molecule has 1 aliphatic rings. The SMILES string of the molecule is CCCN(Cc1csc(N)n1)C1CC1. The number of rotatable bonds is 5. The van der Waals surface area contributed by atoms with Crippen molar-refractivity contribution in [3.8, 4) is 0 Å². The van der Waals surface area contributed by atoms with E-state index in [2.05, 4.69) is 22.2 Å². The zero-order valence-electron chi connectivity index (χ0n) is 8.57. The fourth-order valence-electron chi connectivity index (χ4n) is 1.72. The van der Waals surface area contributed by atoms with Crippen molar-refractivity contribution < 1.29 is 0 Å². The third-order valence-electron chi connectivity index (χ3n) is 2.51. The molecule has 0 aromatic carbocycles. The van der Waals surface area contributed by atoms with Gasteiger partial charge in [-0.05, 0) is 25.8 Å². The topological polar surface area (TPSA) is 42.1 Å². The van der Waals surface area contributed by atoms with Crippen molar-refractivity contribution in [3.63, 3.8) is 0 Å². The Morgan fingerprint density at radius 3 is 2.93 bits per heavy atom. The van der Waals surface area contributed by atoms with Crippen LogP contribution in [-0.2, 0) is 6.54 Å². The number of hydrogen-bond donors (Lipinski definition) is 1. The highest BCUT2D eigenvalue weighted by molar-refractivity contribution is 7.13. The zero-order chi connectivity index (χ0) is 9.97. The predicted octanol–water partition coefficient (Wildman–Crippen LogP) is 2.10. The lowest BCUT2D eigenvalue weighted by molar-refractivity contribution is 0.253. The third-order valence-corrected chi connectivity index (χ3v) is 3.23. The van der Waals surface area contributed by atoms with Crippen LogP contribution in [-0.4, -0.2) is 22.5 Å². The van der Waals surface area contributed by atoms with E-state index in [1.807, 2.05) is 0 Å². The second-order valence-corrected chi connectivity index (χ2v) is 4.77. The van der Waals surface area contributed by atoms with Gasteiger partial charge in [0, 0.05) is 18.0 Å². The van der Waals surface area contributed by atoms with Crippen molar-refractivity contribution in [1.29, 1.82) is 0 Å². The average Bonchev–Trinajstić information content (AvgIpc) is 2.91. The van der Waals surface area contributed by atoms with Crippen LogP contribution in [0.4, 0.5) is 5.13 Å². The van der Waals surface area contributed by atoms with Crippen molar-refractivity contribution in [1.82, 2.24) is 9.88 Å². The van der Waals surface area contributed by atoms with Crippen LogP contribution >= 0.6 is 11.3 Å². The van der Waals surface area contributed by atoms with Gasteiger partial charge in [-0.2, -0.15) is 0 Å². The van der Waals surface area contributed by atoms with Gasteiger partial charge in [-0.15, -0.1) is 11.3 Å². The van der Waals surface area contributed by atoms with E-state index in [4.69, 9.17) is 5.73 Å². The van der Waals surface area contributed by atoms with Crippen molar-refractivity contribution in [3.05, 3.63) is 11.1 Å². The Balaban J connectivity index is 1.92. The second-order valence-electron chi connectivity index (χ2n) is 3.88. The molecular weight excluding hydrogens is 194 g/mol. The Bertz CT molecular complexity index is 293. The molecule has 1 aliphatic carbocycles. The normalized spacial score (nSPS) is 16.4. The molecule has 1 heterocycles. The molecule has 2 rings (SSSR count). The predicted molar refractivity (Wildman–Crippen MR) is 60.2 cm³/mol. The highest BCUT2D eigenvalue weighted by atomic mass is 32.1. The largest absolute Gasteiger partial charge is 0.375 e. The van der Waals surface area contributed by atoms with Gasteiger partial charge >= 0.3 is 0 Å². The lowest BCUT2D eigenvalue weighted by Gasteiger charge is -2.19. The maximum atomic E-state index is 5.61. The molecule has 0 amide bonds. The Kier molecular flexibility index (Phi) is 3.03. The molecule has 0 unspecified atom stereocenters. The van der Waals surface area contributed by atoms with Crippen LogP contribution in [0.25, 0.3) is 0 Å². The van der Waals surface area contributed by atoms with Gasteiger partial charge in [0.05, 0.1) is 5.69 Å². The van der Waals surface area contributed by atoms with Crippen molar-refractivity contribution in [2.24, 2.45) is 0 Å². The number of aromatic nitrogens is 1. The summed E-state index contributed by atoms with van der Waals surface area (Å²) in [5.41, 5.74) is 6.74. The average molecular weight is 211 g/mol. The first-order chi connectivity index (χ1) is 6.79. The van der Waals surface area contributed by atoms with Crippen molar-refractivity contribution in [2.45, 2.75) is 38.8 Å². The lowest BCUT2D eigenvalue weighted by atomic mass is 10.3. The minimum Gasteiger partial charge on any atom is -0.375 e. The molecule has 2 N–H and O–H groups in total. The smallest absolute Gasteiger partial charge is 0.180 e. The highest BCUT2D eigenvalue weighted by Crippen LogP contribution is 2.28. The summed E-state index contributed by atoms with van der Waals surface area (Å²) in [5.74, 6) is 0. The van der Waals surface area contributed by atoms with Gasteiger partial charge in [-0.25, -0.2) is 4.98 Å². The first-order valence-corrected chi connectivity index (χ1v) is 6.11. The summed E-state index contributed by atoms with van der Waals surface area (Å²) in [4.78, 5) is 6.82. The fraction of sp³-hybridized carbons (Fsp3) is 0.700. The molecule has 4 heteroatoms. The molecular formula is C10H17N3S. The Morgan fingerprint density at radius 2 is 2.43 bits per heavy atom. The molecule has 0 radical (unpaired) electrons. The van der Waals surface area contributed by atoms with E-state index in [0.29, 0.717) is 5.13 Å². The summed E-state index contributed by atoms with van der Waals surface area (Å²) in [6.07, 6.45) is 3.94. The Morgan fingerprint density at radius 1 is 1.64 bits per heavy atom. The van der Waals surface area contributed by atoms with E-state index in [9.17, 15) is 0 Å². The lowest BCUT2D eigenvalue weighted by Crippen LogP contribution is -2.26. The van der Waals surface area contributed by atoms with Crippen LogP contribution in [0.3, 0.4) is 0 Å².